The molecular weight excluding hydrogens is 302 g/mol. The number of nitrogens with zero attached hydrogens (tertiary/aromatic N) is 2. The van der Waals surface area contributed by atoms with Crippen molar-refractivity contribution in [2.45, 2.75) is 46.6 Å². The van der Waals surface area contributed by atoms with E-state index in [9.17, 15) is 0 Å². The molecule has 0 aliphatic rings. The summed E-state index contributed by atoms with van der Waals surface area (Å²) in [7, 11) is 0. The van der Waals surface area contributed by atoms with Crippen LogP contribution in [0.1, 0.15) is 39.2 Å². The average molecular weight is 328 g/mol. The van der Waals surface area contributed by atoms with E-state index in [2.05, 4.69) is 64.9 Å². The first-order valence-electron chi connectivity index (χ1n) is 7.17. The molecule has 108 valence electrons. The smallest absolute Gasteiger partial charge is 0.126 e. The fourth-order valence-electron chi connectivity index (χ4n) is 2.10. The Hall–Kier alpha value is -0.610. The number of rotatable bonds is 8. The van der Waals surface area contributed by atoms with E-state index in [1.807, 2.05) is 6.20 Å². The van der Waals surface area contributed by atoms with E-state index >= 15 is 0 Å². The first-order valence-corrected chi connectivity index (χ1v) is 7.97. The molecule has 0 bridgehead atoms. The second-order valence-corrected chi connectivity index (χ2v) is 5.89. The zero-order chi connectivity index (χ0) is 14.3. The number of aryl methyl sites for hydroxylation is 1. The van der Waals surface area contributed by atoms with E-state index in [-0.39, 0.29) is 0 Å². The number of halogens is 1. The van der Waals surface area contributed by atoms with Gasteiger partial charge in [0.05, 0.1) is 0 Å². The minimum absolute atomic E-state index is 0.462. The first-order chi connectivity index (χ1) is 9.06. The van der Waals surface area contributed by atoms with Crippen LogP contribution in [0.15, 0.2) is 16.7 Å². The maximum Gasteiger partial charge on any atom is 0.126 e. The minimum atomic E-state index is 0.462. The van der Waals surface area contributed by atoms with E-state index < -0.39 is 0 Å². The lowest BCUT2D eigenvalue weighted by Crippen LogP contribution is -2.25. The van der Waals surface area contributed by atoms with Gasteiger partial charge in [-0.15, -0.1) is 0 Å². The van der Waals surface area contributed by atoms with Crippen molar-refractivity contribution < 1.29 is 0 Å². The van der Waals surface area contributed by atoms with Gasteiger partial charge < -0.3 is 10.2 Å². The Bertz CT molecular complexity index is 378. The molecule has 0 radical (unpaired) electrons. The molecule has 1 heterocycles. The Labute approximate surface area is 125 Å². The summed E-state index contributed by atoms with van der Waals surface area (Å²) in [6, 6.07) is 2.55. The summed E-state index contributed by atoms with van der Waals surface area (Å²) in [5.41, 5.74) is 1.22. The Morgan fingerprint density at radius 3 is 2.63 bits per heavy atom. The third kappa shape index (κ3) is 5.91. The lowest BCUT2D eigenvalue weighted by molar-refractivity contribution is 0.295. The molecule has 0 spiro atoms. The van der Waals surface area contributed by atoms with Crippen molar-refractivity contribution in [3.8, 4) is 0 Å². The third-order valence-electron chi connectivity index (χ3n) is 3.45. The van der Waals surface area contributed by atoms with Crippen molar-refractivity contribution in [1.29, 1.82) is 0 Å². The predicted octanol–water partition coefficient (Wildman–Crippen LogP) is 4.07. The minimum Gasteiger partial charge on any atom is -0.368 e. The lowest BCUT2D eigenvalue weighted by atomic mass is 10.1. The molecule has 0 aliphatic carbocycles. The van der Waals surface area contributed by atoms with Crippen LogP contribution in [0.3, 0.4) is 0 Å². The number of hydrogen-bond acceptors (Lipinski definition) is 3. The van der Waals surface area contributed by atoms with E-state index in [0.717, 1.165) is 23.4 Å². The molecule has 1 aromatic rings. The van der Waals surface area contributed by atoms with Crippen molar-refractivity contribution in [3.05, 3.63) is 22.3 Å². The number of anilines is 1. The van der Waals surface area contributed by atoms with E-state index in [0.29, 0.717) is 6.04 Å². The Balaban J connectivity index is 2.34. The van der Waals surface area contributed by atoms with E-state index in [1.54, 1.807) is 0 Å². The number of pyridine rings is 1. The summed E-state index contributed by atoms with van der Waals surface area (Å²) in [6.07, 6.45) is 4.26. The van der Waals surface area contributed by atoms with Crippen molar-refractivity contribution in [1.82, 2.24) is 9.88 Å². The molecule has 0 saturated carbocycles. The van der Waals surface area contributed by atoms with Gasteiger partial charge in [0.2, 0.25) is 0 Å². The topological polar surface area (TPSA) is 28.2 Å². The second kappa shape index (κ2) is 8.54. The Morgan fingerprint density at radius 1 is 1.37 bits per heavy atom. The third-order valence-corrected chi connectivity index (χ3v) is 4.28. The number of nitrogens with one attached hydrogen (secondary N) is 1. The molecule has 0 aromatic carbocycles. The van der Waals surface area contributed by atoms with E-state index in [4.69, 9.17) is 0 Å². The van der Waals surface area contributed by atoms with Gasteiger partial charge in [0.15, 0.2) is 0 Å². The van der Waals surface area contributed by atoms with Gasteiger partial charge in [0.25, 0.3) is 0 Å². The molecule has 0 amide bonds. The highest BCUT2D eigenvalue weighted by Crippen LogP contribution is 2.18. The van der Waals surface area contributed by atoms with Crippen LogP contribution in [-0.2, 0) is 0 Å². The molecule has 0 fully saturated rings. The molecule has 1 unspecified atom stereocenters. The van der Waals surface area contributed by atoms with Crippen LogP contribution >= 0.6 is 15.9 Å². The van der Waals surface area contributed by atoms with Gasteiger partial charge in [-0.2, -0.15) is 0 Å². The molecule has 1 N–H and O–H groups in total. The van der Waals surface area contributed by atoms with Gasteiger partial charge in [-0.25, -0.2) is 4.98 Å². The maximum absolute atomic E-state index is 4.39. The van der Waals surface area contributed by atoms with Crippen LogP contribution < -0.4 is 5.32 Å². The number of aromatic nitrogens is 1. The van der Waals surface area contributed by atoms with Gasteiger partial charge >= 0.3 is 0 Å². The van der Waals surface area contributed by atoms with Crippen LogP contribution in [0.2, 0.25) is 0 Å². The Morgan fingerprint density at radius 2 is 2.05 bits per heavy atom. The molecule has 19 heavy (non-hydrogen) atoms. The summed E-state index contributed by atoms with van der Waals surface area (Å²) in [5, 5.41) is 3.47. The SMILES string of the molecule is CCN(CC)CCCC(C)Nc1cc(C)c(Br)cn1. The van der Waals surface area contributed by atoms with Crippen LogP contribution in [0.5, 0.6) is 0 Å². The molecule has 1 atom stereocenters. The normalized spacial score (nSPS) is 12.7. The van der Waals surface area contributed by atoms with Crippen LogP contribution in [0.25, 0.3) is 0 Å². The molecule has 4 heteroatoms. The zero-order valence-corrected chi connectivity index (χ0v) is 14.1. The van der Waals surface area contributed by atoms with Crippen molar-refractivity contribution in [2.75, 3.05) is 25.0 Å². The summed E-state index contributed by atoms with van der Waals surface area (Å²) in [5.74, 6) is 0.969. The van der Waals surface area contributed by atoms with Gasteiger partial charge in [0, 0.05) is 16.7 Å². The molecule has 0 saturated heterocycles. The largest absolute Gasteiger partial charge is 0.368 e. The molecule has 0 aliphatic heterocycles. The highest BCUT2D eigenvalue weighted by atomic mass is 79.9. The monoisotopic (exact) mass is 327 g/mol. The quantitative estimate of drug-likeness (QED) is 0.779. The zero-order valence-electron chi connectivity index (χ0n) is 12.5. The van der Waals surface area contributed by atoms with Gasteiger partial charge in [0.1, 0.15) is 5.82 Å². The van der Waals surface area contributed by atoms with Gasteiger partial charge in [-0.05, 0) is 73.9 Å². The Kier molecular flexibility index (Phi) is 7.39. The summed E-state index contributed by atoms with van der Waals surface area (Å²) >= 11 is 3.47. The van der Waals surface area contributed by atoms with Crippen molar-refractivity contribution in [3.63, 3.8) is 0 Å². The first kappa shape index (κ1) is 16.4. The molecule has 1 aromatic heterocycles. The standard InChI is InChI=1S/C15H26BrN3/c1-5-19(6-2)9-7-8-13(4)18-15-10-12(3)14(16)11-17-15/h10-11,13H,5-9H2,1-4H3,(H,17,18). The summed E-state index contributed by atoms with van der Waals surface area (Å²) in [6.45, 7) is 12.2. The molecule has 1 rings (SSSR count). The van der Waals surface area contributed by atoms with Gasteiger partial charge in [-0.1, -0.05) is 13.8 Å². The maximum atomic E-state index is 4.39. The van der Waals surface area contributed by atoms with Crippen molar-refractivity contribution >= 4 is 21.7 Å². The molecule has 3 nitrogen and oxygen atoms in total. The average Bonchev–Trinajstić information content (AvgIpc) is 2.39. The van der Waals surface area contributed by atoms with Crippen molar-refractivity contribution in [2.24, 2.45) is 0 Å². The predicted molar refractivity (Wildman–Crippen MR) is 86.8 cm³/mol. The van der Waals surface area contributed by atoms with Crippen LogP contribution in [-0.4, -0.2) is 35.6 Å². The van der Waals surface area contributed by atoms with Gasteiger partial charge in [-0.3, -0.25) is 0 Å². The van der Waals surface area contributed by atoms with Crippen LogP contribution in [0, 0.1) is 6.92 Å². The second-order valence-electron chi connectivity index (χ2n) is 5.03. The summed E-state index contributed by atoms with van der Waals surface area (Å²) < 4.78 is 1.06. The summed E-state index contributed by atoms with van der Waals surface area (Å²) in [4.78, 5) is 6.85. The number of hydrogen-bond donors (Lipinski definition) is 1. The molecular formula is C15H26BrN3. The highest BCUT2D eigenvalue weighted by molar-refractivity contribution is 9.10. The van der Waals surface area contributed by atoms with Crippen LogP contribution in [0.4, 0.5) is 5.82 Å². The van der Waals surface area contributed by atoms with E-state index in [1.165, 1.54) is 24.9 Å². The highest BCUT2D eigenvalue weighted by Gasteiger charge is 2.06. The fraction of sp³-hybridized carbons (Fsp3) is 0.667. The lowest BCUT2D eigenvalue weighted by Gasteiger charge is -2.20. The fourth-order valence-corrected chi connectivity index (χ4v) is 2.32.